The van der Waals surface area contributed by atoms with Crippen molar-refractivity contribution < 1.29 is 0 Å². The Labute approximate surface area is 118 Å². The summed E-state index contributed by atoms with van der Waals surface area (Å²) in [6, 6.07) is 13.0. The summed E-state index contributed by atoms with van der Waals surface area (Å²) in [5, 5.41) is 3.51. The van der Waals surface area contributed by atoms with Gasteiger partial charge in [-0.1, -0.05) is 12.1 Å². The molecule has 19 heavy (non-hydrogen) atoms. The zero-order chi connectivity index (χ0) is 13.2. The molecule has 1 aromatic carbocycles. The van der Waals surface area contributed by atoms with E-state index in [2.05, 4.69) is 46.5 Å². The summed E-state index contributed by atoms with van der Waals surface area (Å²) in [6.45, 7) is 3.23. The van der Waals surface area contributed by atoms with Gasteiger partial charge in [0.15, 0.2) is 0 Å². The molecular weight excluding hydrogens is 254 g/mol. The third kappa shape index (κ3) is 2.60. The van der Waals surface area contributed by atoms with E-state index >= 15 is 0 Å². The molecule has 0 aliphatic carbocycles. The van der Waals surface area contributed by atoms with Crippen LogP contribution < -0.4 is 10.6 Å². The van der Waals surface area contributed by atoms with Gasteiger partial charge in [0.1, 0.15) is 0 Å². The summed E-state index contributed by atoms with van der Waals surface area (Å²) in [6.07, 6.45) is 0. The number of benzene rings is 1. The lowest BCUT2D eigenvalue weighted by Crippen LogP contribution is -2.46. The molecule has 0 saturated carbocycles. The number of hydrogen-bond donors (Lipinski definition) is 1. The number of rotatable bonds is 2. The summed E-state index contributed by atoms with van der Waals surface area (Å²) in [7, 11) is 2.20. The van der Waals surface area contributed by atoms with Gasteiger partial charge < -0.3 is 10.6 Å². The average molecular weight is 273 g/mol. The second kappa shape index (κ2) is 5.23. The lowest BCUT2D eigenvalue weighted by atomic mass is 10.0. The SMILES string of the molecule is CN1CCN(c2cccs2)CC1c1ccc(N)cc1. The first-order chi connectivity index (χ1) is 9.24. The maximum atomic E-state index is 5.77. The highest BCUT2D eigenvalue weighted by Gasteiger charge is 2.26. The van der Waals surface area contributed by atoms with Crippen molar-refractivity contribution in [1.29, 1.82) is 0 Å². The fourth-order valence-electron chi connectivity index (χ4n) is 2.60. The van der Waals surface area contributed by atoms with Gasteiger partial charge in [-0.25, -0.2) is 0 Å². The van der Waals surface area contributed by atoms with Gasteiger partial charge in [-0.05, 0) is 42.3 Å². The van der Waals surface area contributed by atoms with Crippen LogP contribution in [0.4, 0.5) is 10.7 Å². The molecule has 2 N–H and O–H groups in total. The van der Waals surface area contributed by atoms with Crippen LogP contribution in [0.5, 0.6) is 0 Å². The van der Waals surface area contributed by atoms with E-state index in [1.165, 1.54) is 10.6 Å². The molecule has 1 aliphatic heterocycles. The van der Waals surface area contributed by atoms with E-state index in [0.717, 1.165) is 25.3 Å². The van der Waals surface area contributed by atoms with Gasteiger partial charge in [0.25, 0.3) is 0 Å². The molecule has 1 aromatic heterocycles. The first kappa shape index (κ1) is 12.5. The van der Waals surface area contributed by atoms with Crippen LogP contribution in [0.25, 0.3) is 0 Å². The average Bonchev–Trinajstić information content (AvgIpc) is 2.94. The smallest absolute Gasteiger partial charge is 0.0909 e. The van der Waals surface area contributed by atoms with E-state index in [-0.39, 0.29) is 0 Å². The highest BCUT2D eigenvalue weighted by atomic mass is 32.1. The lowest BCUT2D eigenvalue weighted by molar-refractivity contribution is 0.221. The van der Waals surface area contributed by atoms with Gasteiger partial charge in [0.05, 0.1) is 11.0 Å². The van der Waals surface area contributed by atoms with Crippen LogP contribution >= 0.6 is 11.3 Å². The second-order valence-corrected chi connectivity index (χ2v) is 5.99. The van der Waals surface area contributed by atoms with Crippen LogP contribution in [0.3, 0.4) is 0 Å². The van der Waals surface area contributed by atoms with Gasteiger partial charge in [-0.15, -0.1) is 11.3 Å². The Morgan fingerprint density at radius 1 is 1.16 bits per heavy atom. The molecule has 1 fully saturated rings. The number of nitrogens with two attached hydrogens (primary N) is 1. The monoisotopic (exact) mass is 273 g/mol. The Bertz CT molecular complexity index is 521. The molecule has 1 atom stereocenters. The standard InChI is InChI=1S/C15H19N3S/c1-17-8-9-18(15-3-2-10-19-15)11-14(17)12-4-6-13(16)7-5-12/h2-7,10,14H,8-9,11,16H2,1H3. The van der Waals surface area contributed by atoms with Crippen molar-refractivity contribution in [1.82, 2.24) is 4.90 Å². The maximum absolute atomic E-state index is 5.77. The molecule has 0 spiro atoms. The van der Waals surface area contributed by atoms with Crippen molar-refractivity contribution in [2.45, 2.75) is 6.04 Å². The summed E-state index contributed by atoms with van der Waals surface area (Å²) in [5.74, 6) is 0. The van der Waals surface area contributed by atoms with E-state index in [9.17, 15) is 0 Å². The number of anilines is 2. The quantitative estimate of drug-likeness (QED) is 0.854. The molecule has 1 unspecified atom stereocenters. The van der Waals surface area contributed by atoms with Gasteiger partial charge >= 0.3 is 0 Å². The van der Waals surface area contributed by atoms with Crippen molar-refractivity contribution in [2.24, 2.45) is 0 Å². The van der Waals surface area contributed by atoms with Crippen LogP contribution in [0.2, 0.25) is 0 Å². The minimum Gasteiger partial charge on any atom is -0.399 e. The molecular formula is C15H19N3S. The Morgan fingerprint density at radius 3 is 2.63 bits per heavy atom. The van der Waals surface area contributed by atoms with Gasteiger partial charge in [-0.3, -0.25) is 4.90 Å². The van der Waals surface area contributed by atoms with E-state index in [1.807, 2.05) is 23.5 Å². The van der Waals surface area contributed by atoms with E-state index in [0.29, 0.717) is 6.04 Å². The summed E-state index contributed by atoms with van der Waals surface area (Å²) in [5.41, 5.74) is 7.95. The normalized spacial score (nSPS) is 20.7. The Morgan fingerprint density at radius 2 is 1.95 bits per heavy atom. The Hall–Kier alpha value is -1.52. The molecule has 2 aromatic rings. The van der Waals surface area contributed by atoms with E-state index in [1.54, 1.807) is 0 Å². The van der Waals surface area contributed by atoms with Crippen LogP contribution in [0.15, 0.2) is 41.8 Å². The topological polar surface area (TPSA) is 32.5 Å². The predicted molar refractivity (Wildman–Crippen MR) is 82.8 cm³/mol. The van der Waals surface area contributed by atoms with E-state index < -0.39 is 0 Å². The molecule has 3 rings (SSSR count). The summed E-state index contributed by atoms with van der Waals surface area (Å²) >= 11 is 1.82. The van der Waals surface area contributed by atoms with Crippen molar-refractivity contribution in [3.63, 3.8) is 0 Å². The number of nitrogens with zero attached hydrogens (tertiary/aromatic N) is 2. The number of hydrogen-bond acceptors (Lipinski definition) is 4. The van der Waals surface area contributed by atoms with Gasteiger partial charge in [0, 0.05) is 25.3 Å². The first-order valence-electron chi connectivity index (χ1n) is 6.58. The van der Waals surface area contributed by atoms with Crippen LogP contribution in [0.1, 0.15) is 11.6 Å². The largest absolute Gasteiger partial charge is 0.399 e. The van der Waals surface area contributed by atoms with Crippen LogP contribution in [0, 0.1) is 0 Å². The second-order valence-electron chi connectivity index (χ2n) is 5.06. The predicted octanol–water partition coefficient (Wildman–Crippen LogP) is 2.82. The first-order valence-corrected chi connectivity index (χ1v) is 7.46. The zero-order valence-corrected chi connectivity index (χ0v) is 11.9. The molecule has 4 heteroatoms. The zero-order valence-electron chi connectivity index (χ0n) is 11.1. The number of thiophene rings is 1. The number of piperazine rings is 1. The minimum atomic E-state index is 0.441. The number of nitrogen functional groups attached to an aromatic ring is 1. The fraction of sp³-hybridized carbons (Fsp3) is 0.333. The highest BCUT2D eigenvalue weighted by Crippen LogP contribution is 2.30. The van der Waals surface area contributed by atoms with Crippen molar-refractivity contribution in [2.75, 3.05) is 37.3 Å². The maximum Gasteiger partial charge on any atom is 0.0909 e. The number of likely N-dealkylation sites (N-methyl/N-ethyl adjacent to an activating group) is 1. The molecule has 1 aliphatic rings. The lowest BCUT2D eigenvalue weighted by Gasteiger charge is -2.40. The third-order valence-electron chi connectivity index (χ3n) is 3.79. The molecule has 0 amide bonds. The van der Waals surface area contributed by atoms with Crippen molar-refractivity contribution >= 4 is 22.0 Å². The molecule has 0 bridgehead atoms. The van der Waals surface area contributed by atoms with Crippen molar-refractivity contribution in [3.8, 4) is 0 Å². The van der Waals surface area contributed by atoms with Gasteiger partial charge in [-0.2, -0.15) is 0 Å². The van der Waals surface area contributed by atoms with Crippen LogP contribution in [-0.2, 0) is 0 Å². The van der Waals surface area contributed by atoms with Crippen LogP contribution in [-0.4, -0.2) is 31.6 Å². The third-order valence-corrected chi connectivity index (χ3v) is 4.72. The van der Waals surface area contributed by atoms with Crippen molar-refractivity contribution in [3.05, 3.63) is 47.3 Å². The fourth-order valence-corrected chi connectivity index (χ4v) is 3.37. The summed E-state index contributed by atoms with van der Waals surface area (Å²) in [4.78, 5) is 4.90. The molecule has 3 nitrogen and oxygen atoms in total. The Kier molecular flexibility index (Phi) is 3.44. The molecule has 2 heterocycles. The molecule has 0 radical (unpaired) electrons. The summed E-state index contributed by atoms with van der Waals surface area (Å²) < 4.78 is 0. The molecule has 1 saturated heterocycles. The Balaban J connectivity index is 1.81. The highest BCUT2D eigenvalue weighted by molar-refractivity contribution is 7.14. The van der Waals surface area contributed by atoms with Gasteiger partial charge in [0.2, 0.25) is 0 Å². The molecule has 100 valence electrons. The minimum absolute atomic E-state index is 0.441. The van der Waals surface area contributed by atoms with E-state index in [4.69, 9.17) is 5.73 Å².